The van der Waals surface area contributed by atoms with Crippen molar-refractivity contribution in [2.75, 3.05) is 0 Å². The fourth-order valence-corrected chi connectivity index (χ4v) is 1.24. The second-order valence-electron chi connectivity index (χ2n) is 3.50. The van der Waals surface area contributed by atoms with Crippen LogP contribution >= 0.6 is 0 Å². The highest BCUT2D eigenvalue weighted by molar-refractivity contribution is 5.72. The molecule has 2 aromatic heterocycles. The van der Waals surface area contributed by atoms with Crippen molar-refractivity contribution in [3.63, 3.8) is 0 Å². The maximum Gasteiger partial charge on any atom is 0.328 e. The third-order valence-electron chi connectivity index (χ3n) is 2.23. The van der Waals surface area contributed by atoms with E-state index < -0.39 is 12.0 Å². The van der Waals surface area contributed by atoms with Crippen LogP contribution in [-0.4, -0.2) is 41.3 Å². The molecule has 0 aliphatic rings. The Morgan fingerprint density at radius 3 is 2.76 bits per heavy atom. The molecule has 0 aliphatic carbocycles. The molecule has 88 valence electrons. The number of aromatic nitrogens is 6. The Kier molecular flexibility index (Phi) is 2.77. The number of hydrogen-bond acceptors (Lipinski definition) is 6. The molecule has 1 N–H and O–H groups in total. The molecule has 1 atom stereocenters. The van der Waals surface area contributed by atoms with Crippen LogP contribution in [0.2, 0.25) is 0 Å². The van der Waals surface area contributed by atoms with E-state index in [0.29, 0.717) is 5.69 Å². The second-order valence-corrected chi connectivity index (χ2v) is 3.50. The molecule has 0 saturated heterocycles. The minimum absolute atomic E-state index is 0.285. The molecule has 0 aliphatic heterocycles. The van der Waals surface area contributed by atoms with Crippen molar-refractivity contribution in [2.24, 2.45) is 0 Å². The molecule has 0 amide bonds. The summed E-state index contributed by atoms with van der Waals surface area (Å²) in [6.45, 7) is 3.30. The van der Waals surface area contributed by atoms with Crippen molar-refractivity contribution < 1.29 is 9.90 Å². The zero-order valence-corrected chi connectivity index (χ0v) is 9.27. The van der Waals surface area contributed by atoms with Gasteiger partial charge >= 0.3 is 5.97 Å². The smallest absolute Gasteiger partial charge is 0.328 e. The second kappa shape index (κ2) is 4.24. The Hall–Kier alpha value is -2.38. The van der Waals surface area contributed by atoms with Gasteiger partial charge in [0.25, 0.3) is 0 Å². The molecule has 2 heterocycles. The van der Waals surface area contributed by atoms with Gasteiger partial charge in [0.05, 0.1) is 11.9 Å². The minimum Gasteiger partial charge on any atom is -0.480 e. The number of aryl methyl sites for hydroxylation is 1. The van der Waals surface area contributed by atoms with Crippen molar-refractivity contribution in [1.82, 2.24) is 30.2 Å². The van der Waals surface area contributed by atoms with E-state index in [1.165, 1.54) is 17.8 Å². The van der Waals surface area contributed by atoms with E-state index in [9.17, 15) is 4.79 Å². The summed E-state index contributed by atoms with van der Waals surface area (Å²) >= 11 is 0. The van der Waals surface area contributed by atoms with E-state index in [2.05, 4.69) is 25.5 Å². The van der Waals surface area contributed by atoms with E-state index in [4.69, 9.17) is 5.11 Å². The number of carboxylic acid groups (broad SMARTS) is 1. The normalized spacial score (nSPS) is 12.4. The van der Waals surface area contributed by atoms with Crippen molar-refractivity contribution in [3.8, 4) is 11.5 Å². The van der Waals surface area contributed by atoms with Crippen LogP contribution in [0.15, 0.2) is 12.4 Å². The maximum atomic E-state index is 10.9. The van der Waals surface area contributed by atoms with Gasteiger partial charge in [0, 0.05) is 6.20 Å². The first-order chi connectivity index (χ1) is 8.09. The van der Waals surface area contributed by atoms with Crippen LogP contribution in [0.5, 0.6) is 0 Å². The molecular weight excluding hydrogens is 224 g/mol. The number of aliphatic carboxylic acids is 1. The fraction of sp³-hybridized carbons (Fsp3) is 0.333. The van der Waals surface area contributed by atoms with E-state index >= 15 is 0 Å². The van der Waals surface area contributed by atoms with Crippen LogP contribution in [0.3, 0.4) is 0 Å². The van der Waals surface area contributed by atoms with Gasteiger partial charge in [-0.1, -0.05) is 0 Å². The van der Waals surface area contributed by atoms with Crippen LogP contribution in [0.4, 0.5) is 0 Å². The highest BCUT2D eigenvalue weighted by atomic mass is 16.4. The van der Waals surface area contributed by atoms with E-state index in [0.717, 1.165) is 5.69 Å². The number of carbonyl (C=O) groups is 1. The Labute approximate surface area is 96.3 Å². The largest absolute Gasteiger partial charge is 0.480 e. The molecule has 2 aromatic rings. The Morgan fingerprint density at radius 1 is 1.41 bits per heavy atom. The van der Waals surface area contributed by atoms with Gasteiger partial charge in [0.15, 0.2) is 6.04 Å². The molecule has 0 saturated carbocycles. The summed E-state index contributed by atoms with van der Waals surface area (Å²) in [4.78, 5) is 19.0. The molecule has 0 bridgehead atoms. The van der Waals surface area contributed by atoms with Gasteiger partial charge in [-0.25, -0.2) is 14.5 Å². The van der Waals surface area contributed by atoms with Crippen LogP contribution in [0.25, 0.3) is 11.5 Å². The molecule has 8 heteroatoms. The van der Waals surface area contributed by atoms with Crippen LogP contribution < -0.4 is 0 Å². The van der Waals surface area contributed by atoms with Crippen LogP contribution in [0.1, 0.15) is 18.7 Å². The SMILES string of the molecule is Cc1cnc(-c2nnnn2C(C)C(=O)O)cn1. The lowest BCUT2D eigenvalue weighted by atomic mass is 10.3. The van der Waals surface area contributed by atoms with Crippen molar-refractivity contribution in [2.45, 2.75) is 19.9 Å². The quantitative estimate of drug-likeness (QED) is 0.801. The molecule has 2 rings (SSSR count). The molecule has 0 fully saturated rings. The van der Waals surface area contributed by atoms with Gasteiger partial charge in [0.2, 0.25) is 5.82 Å². The monoisotopic (exact) mass is 234 g/mol. The predicted molar refractivity (Wildman–Crippen MR) is 55.9 cm³/mol. The summed E-state index contributed by atoms with van der Waals surface area (Å²) in [5.41, 5.74) is 1.20. The van der Waals surface area contributed by atoms with Gasteiger partial charge in [-0.3, -0.25) is 4.98 Å². The maximum absolute atomic E-state index is 10.9. The summed E-state index contributed by atoms with van der Waals surface area (Å²) < 4.78 is 1.20. The van der Waals surface area contributed by atoms with Gasteiger partial charge in [-0.15, -0.1) is 5.10 Å². The van der Waals surface area contributed by atoms with Gasteiger partial charge in [-0.05, 0) is 24.3 Å². The summed E-state index contributed by atoms with van der Waals surface area (Å²) in [7, 11) is 0. The van der Waals surface area contributed by atoms with Crippen molar-refractivity contribution in [1.29, 1.82) is 0 Å². The van der Waals surface area contributed by atoms with Crippen molar-refractivity contribution >= 4 is 5.97 Å². The lowest BCUT2D eigenvalue weighted by Crippen LogP contribution is -2.18. The summed E-state index contributed by atoms with van der Waals surface area (Å²) in [6.07, 6.45) is 3.08. The first-order valence-corrected chi connectivity index (χ1v) is 4.89. The lowest BCUT2D eigenvalue weighted by molar-refractivity contribution is -0.140. The molecule has 0 spiro atoms. The molecule has 1 unspecified atom stereocenters. The first kappa shape index (κ1) is 11.1. The highest BCUT2D eigenvalue weighted by Gasteiger charge is 2.20. The molecule has 0 radical (unpaired) electrons. The molecular formula is C9H10N6O2. The Bertz CT molecular complexity index is 535. The number of carboxylic acids is 1. The summed E-state index contributed by atoms with van der Waals surface area (Å²) in [6, 6.07) is -0.858. The minimum atomic E-state index is -1.02. The Balaban J connectivity index is 2.43. The number of hydrogen-bond donors (Lipinski definition) is 1. The molecule has 0 aromatic carbocycles. The van der Waals surface area contributed by atoms with Crippen LogP contribution in [0, 0.1) is 6.92 Å². The zero-order valence-electron chi connectivity index (χ0n) is 9.27. The van der Waals surface area contributed by atoms with E-state index in [-0.39, 0.29) is 5.82 Å². The third-order valence-corrected chi connectivity index (χ3v) is 2.23. The topological polar surface area (TPSA) is 107 Å². The Morgan fingerprint density at radius 2 is 2.18 bits per heavy atom. The number of tetrazole rings is 1. The third kappa shape index (κ3) is 2.10. The van der Waals surface area contributed by atoms with Gasteiger partial charge < -0.3 is 5.11 Å². The molecule has 17 heavy (non-hydrogen) atoms. The number of nitrogens with zero attached hydrogens (tertiary/aromatic N) is 6. The average molecular weight is 234 g/mol. The summed E-state index contributed by atoms with van der Waals surface area (Å²) in [5, 5.41) is 19.8. The lowest BCUT2D eigenvalue weighted by Gasteiger charge is -2.07. The van der Waals surface area contributed by atoms with E-state index in [1.807, 2.05) is 0 Å². The molecule has 8 nitrogen and oxygen atoms in total. The fourth-order valence-electron chi connectivity index (χ4n) is 1.24. The van der Waals surface area contributed by atoms with Crippen molar-refractivity contribution in [3.05, 3.63) is 18.1 Å². The highest BCUT2D eigenvalue weighted by Crippen LogP contribution is 2.15. The zero-order chi connectivity index (χ0) is 12.4. The van der Waals surface area contributed by atoms with Gasteiger partial charge in [0.1, 0.15) is 5.69 Å². The number of rotatable bonds is 3. The standard InChI is InChI=1S/C9H10N6O2/c1-5-3-11-7(4-10-5)8-12-13-14-15(8)6(2)9(16)17/h3-4,6H,1-2H3,(H,16,17). The summed E-state index contributed by atoms with van der Waals surface area (Å²) in [5.74, 6) is -0.731. The first-order valence-electron chi connectivity index (χ1n) is 4.89. The predicted octanol–water partition coefficient (Wildman–Crippen LogP) is 0.0841. The van der Waals surface area contributed by atoms with Crippen LogP contribution in [-0.2, 0) is 4.79 Å². The van der Waals surface area contributed by atoms with Gasteiger partial charge in [-0.2, -0.15) is 0 Å². The average Bonchev–Trinajstić information content (AvgIpc) is 2.77. The van der Waals surface area contributed by atoms with E-state index in [1.54, 1.807) is 13.1 Å².